The molecule has 0 fully saturated rings. The minimum absolute atomic E-state index is 0.124. The number of pyridine rings is 1. The standard InChI is InChI=1S/C35H35NO6/c1-36-32-8-4-2-6-30(32)35(31-7-3-5-9-33(31)36)27-13-17-29(18-14-27)42-25-23-40-21-20-39-22-24-41-28-15-10-26(11-16-28)12-19-34(37)38/h2-11,13-18H,12,19-25H2,1H3/p+1. The highest BCUT2D eigenvalue weighted by atomic mass is 16.6. The van der Waals surface area contributed by atoms with Gasteiger partial charge in [0.1, 0.15) is 31.8 Å². The predicted molar refractivity (Wildman–Crippen MR) is 163 cm³/mol. The first-order valence-electron chi connectivity index (χ1n) is 14.2. The molecule has 5 aromatic rings. The maximum absolute atomic E-state index is 10.7. The lowest BCUT2D eigenvalue weighted by Crippen LogP contribution is -2.30. The summed E-state index contributed by atoms with van der Waals surface area (Å²) in [6, 6.07) is 32.8. The Kier molecular flexibility index (Phi) is 9.98. The number of hydrogen-bond acceptors (Lipinski definition) is 5. The van der Waals surface area contributed by atoms with E-state index in [0.29, 0.717) is 46.1 Å². The number of para-hydroxylation sites is 2. The smallest absolute Gasteiger partial charge is 0.303 e. The van der Waals surface area contributed by atoms with Crippen LogP contribution in [0.1, 0.15) is 12.0 Å². The number of carboxylic acid groups (broad SMARTS) is 1. The molecule has 7 nitrogen and oxygen atoms in total. The van der Waals surface area contributed by atoms with E-state index >= 15 is 0 Å². The number of aliphatic carboxylic acids is 1. The summed E-state index contributed by atoms with van der Waals surface area (Å²) in [5.41, 5.74) is 5.75. The third-order valence-corrected chi connectivity index (χ3v) is 7.13. The van der Waals surface area contributed by atoms with Crippen molar-refractivity contribution in [2.45, 2.75) is 12.8 Å². The summed E-state index contributed by atoms with van der Waals surface area (Å²) in [5, 5.41) is 11.2. The highest BCUT2D eigenvalue weighted by molar-refractivity contribution is 6.07. The average molecular weight is 567 g/mol. The van der Waals surface area contributed by atoms with E-state index < -0.39 is 5.97 Å². The Balaban J connectivity index is 1.01. The number of ether oxygens (including phenoxy) is 4. The van der Waals surface area contributed by atoms with Crippen molar-refractivity contribution in [3.63, 3.8) is 0 Å². The monoisotopic (exact) mass is 566 g/mol. The summed E-state index contributed by atoms with van der Waals surface area (Å²) in [6.45, 7) is 2.77. The summed E-state index contributed by atoms with van der Waals surface area (Å²) in [6.07, 6.45) is 0.637. The highest BCUT2D eigenvalue weighted by Crippen LogP contribution is 2.34. The van der Waals surface area contributed by atoms with E-state index in [-0.39, 0.29) is 6.42 Å². The molecule has 0 radical (unpaired) electrons. The molecule has 7 heteroatoms. The molecule has 0 saturated carbocycles. The van der Waals surface area contributed by atoms with Gasteiger partial charge in [0, 0.05) is 24.1 Å². The Bertz CT molecular complexity index is 1560. The molecule has 0 aliphatic heterocycles. The molecule has 0 unspecified atom stereocenters. The number of benzene rings is 4. The van der Waals surface area contributed by atoms with Gasteiger partial charge in [0.2, 0.25) is 11.0 Å². The zero-order chi connectivity index (χ0) is 29.1. The third-order valence-electron chi connectivity index (χ3n) is 7.13. The van der Waals surface area contributed by atoms with Crippen molar-refractivity contribution in [1.29, 1.82) is 0 Å². The van der Waals surface area contributed by atoms with Crippen LogP contribution in [0.15, 0.2) is 97.1 Å². The molecule has 216 valence electrons. The summed E-state index contributed by atoms with van der Waals surface area (Å²) in [7, 11) is 2.12. The number of aromatic nitrogens is 1. The van der Waals surface area contributed by atoms with Gasteiger partial charge in [0.05, 0.1) is 37.2 Å². The van der Waals surface area contributed by atoms with Crippen molar-refractivity contribution in [3.05, 3.63) is 103 Å². The van der Waals surface area contributed by atoms with Crippen LogP contribution in [0.4, 0.5) is 0 Å². The maximum atomic E-state index is 10.7. The number of aryl methyl sites for hydroxylation is 2. The van der Waals surface area contributed by atoms with E-state index in [1.807, 2.05) is 36.4 Å². The first-order chi connectivity index (χ1) is 20.6. The Morgan fingerprint density at radius 3 is 1.64 bits per heavy atom. The first kappa shape index (κ1) is 29.0. The van der Waals surface area contributed by atoms with Gasteiger partial charge >= 0.3 is 5.97 Å². The van der Waals surface area contributed by atoms with Crippen molar-refractivity contribution in [2.24, 2.45) is 7.05 Å². The molecule has 1 heterocycles. The van der Waals surface area contributed by atoms with E-state index in [2.05, 4.69) is 72.3 Å². The normalized spacial score (nSPS) is 11.2. The molecule has 0 bridgehead atoms. The first-order valence-corrected chi connectivity index (χ1v) is 14.2. The maximum Gasteiger partial charge on any atom is 0.303 e. The highest BCUT2D eigenvalue weighted by Gasteiger charge is 2.18. The van der Waals surface area contributed by atoms with E-state index in [1.165, 1.54) is 27.4 Å². The zero-order valence-corrected chi connectivity index (χ0v) is 23.8. The van der Waals surface area contributed by atoms with Crippen LogP contribution >= 0.6 is 0 Å². The minimum atomic E-state index is -0.796. The fourth-order valence-electron chi connectivity index (χ4n) is 5.02. The van der Waals surface area contributed by atoms with E-state index in [9.17, 15) is 4.79 Å². The molecule has 0 aliphatic carbocycles. The van der Waals surface area contributed by atoms with Crippen molar-refractivity contribution < 1.29 is 33.4 Å². The molecule has 0 saturated heterocycles. The van der Waals surface area contributed by atoms with Crippen LogP contribution in [0.2, 0.25) is 0 Å². The molecular weight excluding hydrogens is 530 g/mol. The second-order valence-electron chi connectivity index (χ2n) is 9.95. The summed E-state index contributed by atoms with van der Waals surface area (Å²) < 4.78 is 25.0. The molecule has 4 aromatic carbocycles. The summed E-state index contributed by atoms with van der Waals surface area (Å²) in [4.78, 5) is 10.7. The van der Waals surface area contributed by atoms with Crippen LogP contribution in [0.25, 0.3) is 32.9 Å². The number of fused-ring (bicyclic) bond motifs is 2. The number of carbonyl (C=O) groups is 1. The van der Waals surface area contributed by atoms with Crippen LogP contribution in [-0.2, 0) is 27.7 Å². The largest absolute Gasteiger partial charge is 0.491 e. The van der Waals surface area contributed by atoms with Crippen LogP contribution in [-0.4, -0.2) is 50.7 Å². The van der Waals surface area contributed by atoms with Gasteiger partial charge in [-0.1, -0.05) is 48.5 Å². The Morgan fingerprint density at radius 1 is 0.643 bits per heavy atom. The van der Waals surface area contributed by atoms with Gasteiger partial charge in [0.25, 0.3) is 0 Å². The van der Waals surface area contributed by atoms with Crippen LogP contribution in [0.5, 0.6) is 11.5 Å². The van der Waals surface area contributed by atoms with Crippen molar-refractivity contribution in [2.75, 3.05) is 39.6 Å². The van der Waals surface area contributed by atoms with Gasteiger partial charge in [-0.05, 0) is 53.9 Å². The number of carboxylic acids is 1. The number of nitrogens with zero attached hydrogens (tertiary/aromatic N) is 1. The van der Waals surface area contributed by atoms with Crippen LogP contribution in [0, 0.1) is 0 Å². The molecule has 42 heavy (non-hydrogen) atoms. The molecule has 0 spiro atoms. The molecular formula is C35H36NO6+. The lowest BCUT2D eigenvalue weighted by atomic mass is 9.96. The van der Waals surface area contributed by atoms with E-state index in [1.54, 1.807) is 0 Å². The molecule has 5 rings (SSSR count). The Morgan fingerprint density at radius 2 is 1.12 bits per heavy atom. The average Bonchev–Trinajstić information content (AvgIpc) is 3.02. The van der Waals surface area contributed by atoms with E-state index in [0.717, 1.165) is 22.6 Å². The van der Waals surface area contributed by atoms with Gasteiger partial charge < -0.3 is 24.1 Å². The van der Waals surface area contributed by atoms with Gasteiger partial charge in [-0.3, -0.25) is 4.79 Å². The van der Waals surface area contributed by atoms with Crippen molar-refractivity contribution in [1.82, 2.24) is 0 Å². The van der Waals surface area contributed by atoms with Gasteiger partial charge in [-0.2, -0.15) is 4.57 Å². The van der Waals surface area contributed by atoms with E-state index in [4.69, 9.17) is 24.1 Å². The van der Waals surface area contributed by atoms with Gasteiger partial charge in [-0.25, -0.2) is 0 Å². The van der Waals surface area contributed by atoms with Crippen molar-refractivity contribution >= 4 is 27.8 Å². The quantitative estimate of drug-likeness (QED) is 0.0953. The molecule has 1 N–H and O–H groups in total. The topological polar surface area (TPSA) is 78.1 Å². The molecule has 0 amide bonds. The third kappa shape index (κ3) is 7.43. The lowest BCUT2D eigenvalue weighted by molar-refractivity contribution is -0.617. The summed E-state index contributed by atoms with van der Waals surface area (Å²) >= 11 is 0. The lowest BCUT2D eigenvalue weighted by Gasteiger charge is -2.12. The Hall–Kier alpha value is -4.46. The Labute approximate surface area is 245 Å². The number of rotatable bonds is 15. The fourth-order valence-corrected chi connectivity index (χ4v) is 5.02. The minimum Gasteiger partial charge on any atom is -0.491 e. The zero-order valence-electron chi connectivity index (χ0n) is 23.8. The summed E-state index contributed by atoms with van der Waals surface area (Å²) in [5.74, 6) is 0.745. The predicted octanol–water partition coefficient (Wildman–Crippen LogP) is 5.99. The second kappa shape index (κ2) is 14.4. The molecule has 0 aliphatic rings. The molecule has 1 aromatic heterocycles. The number of hydrogen-bond donors (Lipinski definition) is 1. The van der Waals surface area contributed by atoms with Gasteiger partial charge in [0.15, 0.2) is 0 Å². The van der Waals surface area contributed by atoms with Crippen LogP contribution in [0.3, 0.4) is 0 Å². The SMILES string of the molecule is C[n+]1c2ccccc2c(-c2ccc(OCCOCCOCCOc3ccc(CCC(=O)O)cc3)cc2)c2ccccc21. The second-order valence-corrected chi connectivity index (χ2v) is 9.95. The van der Waals surface area contributed by atoms with Crippen molar-refractivity contribution in [3.8, 4) is 22.6 Å². The van der Waals surface area contributed by atoms with Crippen LogP contribution < -0.4 is 14.0 Å². The fraction of sp³-hybridized carbons (Fsp3) is 0.257. The molecule has 0 atom stereocenters. The van der Waals surface area contributed by atoms with Gasteiger partial charge in [-0.15, -0.1) is 0 Å².